The lowest BCUT2D eigenvalue weighted by Gasteiger charge is -2.35. The van der Waals surface area contributed by atoms with Gasteiger partial charge >= 0.3 is 6.18 Å². The average Bonchev–Trinajstić information content (AvgIpc) is 3.20. The Morgan fingerprint density at radius 1 is 0.812 bits per heavy atom. The highest BCUT2D eigenvalue weighted by Gasteiger charge is 2.33. The van der Waals surface area contributed by atoms with Gasteiger partial charge in [-0.25, -0.2) is 0 Å². The Balaban J connectivity index is 1.71. The van der Waals surface area contributed by atoms with Crippen LogP contribution in [0.1, 0.15) is 22.7 Å². The third kappa shape index (κ3) is 3.92. The summed E-state index contributed by atoms with van der Waals surface area (Å²) in [5.41, 5.74) is 4.32. The molecule has 1 aliphatic rings. The number of aromatic amines is 1. The summed E-state index contributed by atoms with van der Waals surface area (Å²) in [5.74, 6) is 0. The summed E-state index contributed by atoms with van der Waals surface area (Å²) in [6.07, 6.45) is -4.36. The number of hydrogen-bond acceptors (Lipinski definition) is 2. The highest BCUT2D eigenvalue weighted by atomic mass is 19.4. The van der Waals surface area contributed by atoms with Crippen LogP contribution in [0.5, 0.6) is 0 Å². The lowest BCUT2D eigenvalue weighted by Crippen LogP contribution is -2.39. The summed E-state index contributed by atoms with van der Waals surface area (Å²) in [4.78, 5) is 5.87. The molecule has 6 heteroatoms. The van der Waals surface area contributed by atoms with Crippen molar-refractivity contribution in [3.8, 4) is 11.3 Å². The van der Waals surface area contributed by atoms with Crippen molar-refractivity contribution < 1.29 is 17.9 Å². The number of aromatic nitrogens is 1. The molecule has 4 aromatic rings. The molecule has 1 saturated heterocycles. The maximum absolute atomic E-state index is 13.2. The monoisotopic (exact) mass is 436 g/mol. The number of H-pyrrole nitrogens is 1. The molecule has 0 spiro atoms. The molecular weight excluding hydrogens is 413 g/mol. The van der Waals surface area contributed by atoms with Crippen molar-refractivity contribution in [1.82, 2.24) is 9.88 Å². The number of fused-ring (bicyclic) bond motifs is 1. The van der Waals surface area contributed by atoms with Crippen molar-refractivity contribution in [1.29, 1.82) is 0 Å². The number of alkyl halides is 3. The zero-order chi connectivity index (χ0) is 22.1. The Hall–Kier alpha value is -3.09. The van der Waals surface area contributed by atoms with Crippen molar-refractivity contribution in [2.45, 2.75) is 12.2 Å². The molecule has 2 heterocycles. The van der Waals surface area contributed by atoms with E-state index in [0.29, 0.717) is 26.3 Å². The van der Waals surface area contributed by atoms with Crippen molar-refractivity contribution in [2.24, 2.45) is 0 Å². The van der Waals surface area contributed by atoms with E-state index in [1.165, 1.54) is 12.1 Å². The molecular formula is C26H23F3N2O. The smallest absolute Gasteiger partial charge is 0.379 e. The molecule has 0 radical (unpaired) electrons. The lowest BCUT2D eigenvalue weighted by molar-refractivity contribution is -0.137. The van der Waals surface area contributed by atoms with Crippen LogP contribution >= 0.6 is 0 Å². The van der Waals surface area contributed by atoms with Crippen LogP contribution in [0.2, 0.25) is 0 Å². The fraction of sp³-hybridized carbons (Fsp3) is 0.231. The molecule has 1 N–H and O–H groups in total. The van der Waals surface area contributed by atoms with E-state index in [4.69, 9.17) is 4.74 Å². The van der Waals surface area contributed by atoms with E-state index < -0.39 is 11.7 Å². The number of benzene rings is 3. The van der Waals surface area contributed by atoms with Gasteiger partial charge in [0.25, 0.3) is 0 Å². The van der Waals surface area contributed by atoms with Gasteiger partial charge in [-0.3, -0.25) is 4.90 Å². The molecule has 0 saturated carbocycles. The van der Waals surface area contributed by atoms with E-state index >= 15 is 0 Å². The van der Waals surface area contributed by atoms with Crippen LogP contribution in [0.25, 0.3) is 22.2 Å². The summed E-state index contributed by atoms with van der Waals surface area (Å²) in [6.45, 7) is 2.61. The number of ether oxygens (including phenoxy) is 1. The van der Waals surface area contributed by atoms with Crippen LogP contribution in [-0.4, -0.2) is 36.2 Å². The van der Waals surface area contributed by atoms with E-state index in [1.54, 1.807) is 12.1 Å². The molecule has 5 rings (SSSR count). The number of nitrogens with one attached hydrogen (secondary N) is 1. The lowest BCUT2D eigenvalue weighted by atomic mass is 9.91. The second-order valence-corrected chi connectivity index (χ2v) is 8.00. The summed E-state index contributed by atoms with van der Waals surface area (Å²) >= 11 is 0. The zero-order valence-corrected chi connectivity index (χ0v) is 17.4. The Labute approximate surface area is 184 Å². The first-order chi connectivity index (χ1) is 15.5. The third-order valence-electron chi connectivity index (χ3n) is 6.05. The maximum Gasteiger partial charge on any atom is 0.416 e. The SMILES string of the molecule is FC(F)(F)c1ccc(C(c2c(-c3ccccc3)[nH]c3ccccc23)N2CCOCC2)cc1. The van der Waals surface area contributed by atoms with Gasteiger partial charge in [0.2, 0.25) is 0 Å². The Bertz CT molecular complexity index is 1190. The number of nitrogens with zero attached hydrogens (tertiary/aromatic N) is 1. The van der Waals surface area contributed by atoms with Gasteiger partial charge in [-0.2, -0.15) is 13.2 Å². The maximum atomic E-state index is 13.2. The molecule has 32 heavy (non-hydrogen) atoms. The Kier molecular flexibility index (Phi) is 5.49. The van der Waals surface area contributed by atoms with Gasteiger partial charge in [-0.05, 0) is 29.3 Å². The van der Waals surface area contributed by atoms with Crippen molar-refractivity contribution in [3.05, 3.63) is 95.6 Å². The molecule has 0 amide bonds. The zero-order valence-electron chi connectivity index (χ0n) is 17.4. The summed E-state index contributed by atoms with van der Waals surface area (Å²) in [5, 5.41) is 1.07. The third-order valence-corrected chi connectivity index (χ3v) is 6.05. The normalized spacial score (nSPS) is 16.3. The average molecular weight is 436 g/mol. The minimum absolute atomic E-state index is 0.201. The predicted molar refractivity (Wildman–Crippen MR) is 119 cm³/mol. The molecule has 1 unspecified atom stereocenters. The molecule has 3 aromatic carbocycles. The van der Waals surface area contributed by atoms with Crippen molar-refractivity contribution in [3.63, 3.8) is 0 Å². The molecule has 3 nitrogen and oxygen atoms in total. The first-order valence-corrected chi connectivity index (χ1v) is 10.7. The standard InChI is InChI=1S/C26H23F3N2O/c27-26(28,29)20-12-10-19(11-13-20)25(31-14-16-32-17-15-31)23-21-8-4-5-9-22(21)30-24(23)18-6-2-1-3-7-18/h1-13,25,30H,14-17H2. The van der Waals surface area contributed by atoms with E-state index in [-0.39, 0.29) is 6.04 Å². The minimum Gasteiger partial charge on any atom is -0.379 e. The van der Waals surface area contributed by atoms with E-state index in [1.807, 2.05) is 36.4 Å². The second kappa shape index (κ2) is 8.45. The van der Waals surface area contributed by atoms with Gasteiger partial charge in [0, 0.05) is 29.6 Å². The van der Waals surface area contributed by atoms with Crippen molar-refractivity contribution in [2.75, 3.05) is 26.3 Å². The fourth-order valence-corrected chi connectivity index (χ4v) is 4.53. The quantitative estimate of drug-likeness (QED) is 0.408. The Morgan fingerprint density at radius 3 is 2.16 bits per heavy atom. The first-order valence-electron chi connectivity index (χ1n) is 10.7. The number of para-hydroxylation sites is 1. The number of halogens is 3. The predicted octanol–water partition coefficient (Wildman–Crippen LogP) is 6.28. The fourth-order valence-electron chi connectivity index (χ4n) is 4.53. The van der Waals surface area contributed by atoms with Gasteiger partial charge in [-0.15, -0.1) is 0 Å². The summed E-state index contributed by atoms with van der Waals surface area (Å²) in [7, 11) is 0. The molecule has 1 fully saturated rings. The highest BCUT2D eigenvalue weighted by molar-refractivity contribution is 5.91. The van der Waals surface area contributed by atoms with Gasteiger partial charge in [0.05, 0.1) is 30.5 Å². The summed E-state index contributed by atoms with van der Waals surface area (Å²) < 4.78 is 45.2. The van der Waals surface area contributed by atoms with Crippen LogP contribution in [0.3, 0.4) is 0 Å². The van der Waals surface area contributed by atoms with Gasteiger partial charge in [-0.1, -0.05) is 60.7 Å². The van der Waals surface area contributed by atoms with E-state index in [2.05, 4.69) is 28.1 Å². The van der Waals surface area contributed by atoms with Crippen LogP contribution < -0.4 is 0 Å². The highest BCUT2D eigenvalue weighted by Crippen LogP contribution is 2.41. The van der Waals surface area contributed by atoms with Crippen LogP contribution in [-0.2, 0) is 10.9 Å². The van der Waals surface area contributed by atoms with Gasteiger partial charge < -0.3 is 9.72 Å². The topological polar surface area (TPSA) is 28.3 Å². The molecule has 1 atom stereocenters. The molecule has 0 aliphatic carbocycles. The largest absolute Gasteiger partial charge is 0.416 e. The first kappa shape index (κ1) is 20.8. The van der Waals surface area contributed by atoms with Gasteiger partial charge in [0.1, 0.15) is 0 Å². The van der Waals surface area contributed by atoms with E-state index in [0.717, 1.165) is 33.3 Å². The molecule has 1 aromatic heterocycles. The minimum atomic E-state index is -4.36. The van der Waals surface area contributed by atoms with Crippen LogP contribution in [0.4, 0.5) is 13.2 Å². The number of morpholine rings is 1. The van der Waals surface area contributed by atoms with Gasteiger partial charge in [0.15, 0.2) is 0 Å². The van der Waals surface area contributed by atoms with Crippen molar-refractivity contribution >= 4 is 10.9 Å². The van der Waals surface area contributed by atoms with Crippen LogP contribution in [0.15, 0.2) is 78.9 Å². The molecule has 1 aliphatic heterocycles. The molecule has 0 bridgehead atoms. The second-order valence-electron chi connectivity index (χ2n) is 8.00. The summed E-state index contributed by atoms with van der Waals surface area (Å²) in [6, 6.07) is 23.5. The number of hydrogen-bond donors (Lipinski definition) is 1. The molecule has 164 valence electrons. The van der Waals surface area contributed by atoms with E-state index in [9.17, 15) is 13.2 Å². The number of rotatable bonds is 4. The Morgan fingerprint density at radius 2 is 1.47 bits per heavy atom. The van der Waals surface area contributed by atoms with Crippen LogP contribution in [0, 0.1) is 0 Å².